The van der Waals surface area contributed by atoms with E-state index in [1.807, 2.05) is 31.3 Å². The maximum absolute atomic E-state index is 12.9. The minimum Gasteiger partial charge on any atom is -0.302 e. The first kappa shape index (κ1) is 18.1. The summed E-state index contributed by atoms with van der Waals surface area (Å²) in [6.45, 7) is 1.44. The lowest BCUT2D eigenvalue weighted by atomic mass is 10.2. The van der Waals surface area contributed by atoms with Gasteiger partial charge in [-0.15, -0.1) is 0 Å². The summed E-state index contributed by atoms with van der Waals surface area (Å²) in [6.07, 6.45) is 0.534. The number of sulfone groups is 1. The van der Waals surface area contributed by atoms with E-state index in [1.54, 1.807) is 0 Å². The Balaban J connectivity index is 1.83. The van der Waals surface area contributed by atoms with Gasteiger partial charge in [0.2, 0.25) is 0 Å². The molecule has 0 aliphatic rings. The molecule has 0 spiro atoms. The van der Waals surface area contributed by atoms with Crippen molar-refractivity contribution in [3.8, 4) is 0 Å². The highest BCUT2D eigenvalue weighted by molar-refractivity contribution is 9.10. The zero-order valence-electron chi connectivity index (χ0n) is 12.9. The predicted molar refractivity (Wildman–Crippen MR) is 93.5 cm³/mol. The molecule has 0 saturated heterocycles. The van der Waals surface area contributed by atoms with Crippen molar-refractivity contribution in [2.75, 3.05) is 19.3 Å². The third-order valence-electron chi connectivity index (χ3n) is 3.49. The van der Waals surface area contributed by atoms with E-state index in [2.05, 4.69) is 20.8 Å². The van der Waals surface area contributed by atoms with Crippen LogP contribution in [-0.2, 0) is 16.4 Å². The summed E-state index contributed by atoms with van der Waals surface area (Å²) < 4.78 is 38.2. The summed E-state index contributed by atoms with van der Waals surface area (Å²) in [5, 5.41) is 0. The largest absolute Gasteiger partial charge is 0.302 e. The van der Waals surface area contributed by atoms with Crippen molar-refractivity contribution >= 4 is 25.8 Å². The number of nitrogens with zero attached hydrogens (tertiary/aromatic N) is 1. The van der Waals surface area contributed by atoms with Crippen LogP contribution in [0.2, 0.25) is 0 Å². The Hall–Kier alpha value is -1.24. The molecule has 23 heavy (non-hydrogen) atoms. The molecule has 0 saturated carbocycles. The maximum Gasteiger partial charge on any atom is 0.178 e. The summed E-state index contributed by atoms with van der Waals surface area (Å²) in [5.41, 5.74) is 1.18. The Morgan fingerprint density at radius 2 is 1.65 bits per heavy atom. The number of halogens is 2. The molecule has 0 heterocycles. The van der Waals surface area contributed by atoms with Crippen LogP contribution in [-0.4, -0.2) is 32.7 Å². The smallest absolute Gasteiger partial charge is 0.178 e. The van der Waals surface area contributed by atoms with E-state index in [0.29, 0.717) is 13.0 Å². The van der Waals surface area contributed by atoms with Gasteiger partial charge in [-0.2, -0.15) is 0 Å². The van der Waals surface area contributed by atoms with Crippen LogP contribution in [0.25, 0.3) is 0 Å². The van der Waals surface area contributed by atoms with Crippen molar-refractivity contribution in [2.24, 2.45) is 0 Å². The van der Waals surface area contributed by atoms with Gasteiger partial charge in [0.1, 0.15) is 5.82 Å². The van der Waals surface area contributed by atoms with E-state index in [9.17, 15) is 12.8 Å². The second kappa shape index (κ2) is 8.04. The zero-order valence-corrected chi connectivity index (χ0v) is 15.3. The van der Waals surface area contributed by atoms with Gasteiger partial charge < -0.3 is 4.90 Å². The highest BCUT2D eigenvalue weighted by Crippen LogP contribution is 2.14. The van der Waals surface area contributed by atoms with Crippen LogP contribution >= 0.6 is 15.9 Å². The standard InChI is InChI=1S/C17H19BrFNO2S/c1-20(13-14-3-5-15(18)6-4-14)11-2-12-23(21,22)17-9-7-16(19)8-10-17/h3-10H,2,11-13H2,1H3. The van der Waals surface area contributed by atoms with E-state index in [0.717, 1.165) is 11.0 Å². The molecule has 0 aliphatic carbocycles. The van der Waals surface area contributed by atoms with Crippen LogP contribution in [0.4, 0.5) is 4.39 Å². The summed E-state index contributed by atoms with van der Waals surface area (Å²) in [5.74, 6) is -0.373. The number of rotatable bonds is 7. The lowest BCUT2D eigenvalue weighted by molar-refractivity contribution is 0.328. The van der Waals surface area contributed by atoms with E-state index in [-0.39, 0.29) is 10.6 Å². The van der Waals surface area contributed by atoms with Crippen molar-refractivity contribution < 1.29 is 12.8 Å². The topological polar surface area (TPSA) is 37.4 Å². The van der Waals surface area contributed by atoms with Crippen molar-refractivity contribution in [3.63, 3.8) is 0 Å². The second-order valence-corrected chi connectivity index (χ2v) is 8.52. The molecule has 0 unspecified atom stereocenters. The molecule has 3 nitrogen and oxygen atoms in total. The van der Waals surface area contributed by atoms with Crippen LogP contribution in [0.15, 0.2) is 57.9 Å². The minimum absolute atomic E-state index is 0.0588. The van der Waals surface area contributed by atoms with Gasteiger partial charge in [0.25, 0.3) is 0 Å². The van der Waals surface area contributed by atoms with Gasteiger partial charge in [-0.25, -0.2) is 12.8 Å². The van der Waals surface area contributed by atoms with E-state index in [4.69, 9.17) is 0 Å². The number of benzene rings is 2. The van der Waals surface area contributed by atoms with Crippen LogP contribution in [0.1, 0.15) is 12.0 Å². The molecule has 2 aromatic carbocycles. The third-order valence-corrected chi connectivity index (χ3v) is 5.84. The van der Waals surface area contributed by atoms with Gasteiger partial charge in [0, 0.05) is 11.0 Å². The SMILES string of the molecule is CN(CCCS(=O)(=O)c1ccc(F)cc1)Cc1ccc(Br)cc1. The van der Waals surface area contributed by atoms with Crippen molar-refractivity contribution in [1.82, 2.24) is 4.90 Å². The molecule has 0 amide bonds. The molecular weight excluding hydrogens is 381 g/mol. The fourth-order valence-corrected chi connectivity index (χ4v) is 3.82. The summed E-state index contributed by atoms with van der Waals surface area (Å²) in [4.78, 5) is 2.26. The average molecular weight is 400 g/mol. The van der Waals surface area contributed by atoms with Crippen LogP contribution < -0.4 is 0 Å². The molecule has 0 bridgehead atoms. The van der Waals surface area contributed by atoms with Gasteiger partial charge in [0.05, 0.1) is 10.6 Å². The van der Waals surface area contributed by atoms with Crippen LogP contribution in [0.5, 0.6) is 0 Å². The molecule has 0 atom stereocenters. The Labute approximate surface area is 145 Å². The molecule has 0 radical (unpaired) electrons. The molecule has 0 aliphatic heterocycles. The van der Waals surface area contributed by atoms with E-state index < -0.39 is 15.7 Å². The molecule has 2 rings (SSSR count). The minimum atomic E-state index is -3.35. The lowest BCUT2D eigenvalue weighted by Gasteiger charge is -2.16. The molecule has 6 heteroatoms. The number of hydrogen-bond acceptors (Lipinski definition) is 3. The van der Waals surface area contributed by atoms with Gasteiger partial charge >= 0.3 is 0 Å². The number of hydrogen-bond donors (Lipinski definition) is 0. The fraction of sp³-hybridized carbons (Fsp3) is 0.294. The summed E-state index contributed by atoms with van der Waals surface area (Å²) in [6, 6.07) is 13.0. The Morgan fingerprint density at radius 1 is 1.04 bits per heavy atom. The van der Waals surface area contributed by atoms with Crippen molar-refractivity contribution in [2.45, 2.75) is 17.9 Å². The molecular formula is C17H19BrFNO2S. The van der Waals surface area contributed by atoms with Crippen LogP contribution in [0, 0.1) is 5.82 Å². The quantitative estimate of drug-likeness (QED) is 0.662. The molecule has 0 aromatic heterocycles. The van der Waals surface area contributed by atoms with Gasteiger partial charge in [0.15, 0.2) is 9.84 Å². The zero-order chi connectivity index (χ0) is 16.9. The molecule has 124 valence electrons. The Bertz CT molecular complexity index is 730. The Morgan fingerprint density at radius 3 is 2.26 bits per heavy atom. The predicted octanol–water partition coefficient (Wildman–Crippen LogP) is 3.88. The molecule has 0 fully saturated rings. The molecule has 0 N–H and O–H groups in total. The monoisotopic (exact) mass is 399 g/mol. The summed E-state index contributed by atoms with van der Waals surface area (Å²) >= 11 is 3.40. The van der Waals surface area contributed by atoms with Gasteiger partial charge in [-0.3, -0.25) is 0 Å². The first-order valence-corrected chi connectivity index (χ1v) is 9.73. The lowest BCUT2D eigenvalue weighted by Crippen LogP contribution is -2.21. The Kier molecular flexibility index (Phi) is 6.33. The van der Waals surface area contributed by atoms with E-state index >= 15 is 0 Å². The first-order chi connectivity index (χ1) is 10.9. The molecule has 2 aromatic rings. The second-order valence-electron chi connectivity index (χ2n) is 5.49. The highest BCUT2D eigenvalue weighted by Gasteiger charge is 2.14. The first-order valence-electron chi connectivity index (χ1n) is 7.28. The highest BCUT2D eigenvalue weighted by atomic mass is 79.9. The average Bonchev–Trinajstić information content (AvgIpc) is 2.50. The van der Waals surface area contributed by atoms with Crippen molar-refractivity contribution in [1.29, 1.82) is 0 Å². The normalized spacial score (nSPS) is 11.8. The summed E-state index contributed by atoms with van der Waals surface area (Å²) in [7, 11) is -1.39. The third kappa shape index (κ3) is 5.71. The van der Waals surface area contributed by atoms with Gasteiger partial charge in [-0.05, 0) is 62.0 Å². The van der Waals surface area contributed by atoms with Crippen molar-refractivity contribution in [3.05, 3.63) is 64.4 Å². The van der Waals surface area contributed by atoms with Gasteiger partial charge in [-0.1, -0.05) is 28.1 Å². The van der Waals surface area contributed by atoms with Crippen LogP contribution in [0.3, 0.4) is 0 Å². The van der Waals surface area contributed by atoms with E-state index in [1.165, 1.54) is 29.8 Å². The maximum atomic E-state index is 12.9. The fourth-order valence-electron chi connectivity index (χ4n) is 2.26.